The molecule has 1 saturated heterocycles. The lowest BCUT2D eigenvalue weighted by Crippen LogP contribution is -2.49. The molecular weight excluding hydrogens is 274 g/mol. The summed E-state index contributed by atoms with van der Waals surface area (Å²) in [6, 6.07) is 9.37. The van der Waals surface area contributed by atoms with Crippen LogP contribution in [0.1, 0.15) is 24.8 Å². The third-order valence-corrected chi connectivity index (χ3v) is 3.50. The minimum atomic E-state index is -0.888. The quantitative estimate of drug-likeness (QED) is 0.837. The van der Waals surface area contributed by atoms with E-state index in [0.29, 0.717) is 26.1 Å². The van der Waals surface area contributed by atoms with E-state index in [4.69, 9.17) is 14.6 Å². The Morgan fingerprint density at radius 1 is 1.33 bits per heavy atom. The molecule has 1 aromatic rings. The number of hydrogen-bond acceptors (Lipinski definition) is 4. The first-order valence-corrected chi connectivity index (χ1v) is 6.88. The molecule has 114 valence electrons. The van der Waals surface area contributed by atoms with E-state index in [2.05, 4.69) is 5.32 Å². The normalized spacial score (nSPS) is 21.0. The molecule has 21 heavy (non-hydrogen) atoms. The van der Waals surface area contributed by atoms with E-state index in [1.165, 1.54) is 0 Å². The van der Waals surface area contributed by atoms with Crippen molar-refractivity contribution < 1.29 is 24.2 Å². The Kier molecular flexibility index (Phi) is 5.16. The van der Waals surface area contributed by atoms with Gasteiger partial charge in [-0.15, -0.1) is 0 Å². The van der Waals surface area contributed by atoms with E-state index in [1.807, 2.05) is 30.3 Å². The summed E-state index contributed by atoms with van der Waals surface area (Å²) >= 11 is 0. The molecule has 1 aliphatic heterocycles. The van der Waals surface area contributed by atoms with Gasteiger partial charge in [0.1, 0.15) is 6.61 Å². The minimum absolute atomic E-state index is 0.0116. The molecule has 0 radical (unpaired) electrons. The third kappa shape index (κ3) is 4.75. The maximum atomic E-state index is 11.9. The molecule has 6 heteroatoms. The van der Waals surface area contributed by atoms with Crippen LogP contribution in [0, 0.1) is 0 Å². The highest BCUT2D eigenvalue weighted by Crippen LogP contribution is 2.24. The molecule has 1 atom stereocenters. The minimum Gasteiger partial charge on any atom is -0.481 e. The largest absolute Gasteiger partial charge is 0.481 e. The molecule has 2 N–H and O–H groups in total. The van der Waals surface area contributed by atoms with E-state index in [9.17, 15) is 9.59 Å². The Balaban J connectivity index is 1.85. The highest BCUT2D eigenvalue weighted by Gasteiger charge is 2.37. The number of carbonyl (C=O) groups is 2. The summed E-state index contributed by atoms with van der Waals surface area (Å²) < 4.78 is 10.5. The fraction of sp³-hybridized carbons (Fsp3) is 0.467. The number of aliphatic carboxylic acids is 1. The molecule has 1 unspecified atom stereocenters. The van der Waals surface area contributed by atoms with Crippen molar-refractivity contribution in [3.63, 3.8) is 0 Å². The first kappa shape index (κ1) is 15.3. The number of nitrogens with one attached hydrogen (secondary N) is 1. The summed E-state index contributed by atoms with van der Waals surface area (Å²) in [6.45, 7) is 1.02. The van der Waals surface area contributed by atoms with Crippen LogP contribution in [-0.2, 0) is 20.9 Å². The average Bonchev–Trinajstić information content (AvgIpc) is 2.93. The number of carboxylic acid groups (broad SMARTS) is 1. The maximum Gasteiger partial charge on any atom is 0.407 e. The summed E-state index contributed by atoms with van der Waals surface area (Å²) in [5, 5.41) is 11.6. The predicted octanol–water partition coefficient (Wildman–Crippen LogP) is 1.94. The number of rotatable bonds is 6. The molecule has 1 fully saturated rings. The number of alkyl carbamates (subject to hydrolysis) is 1. The van der Waals surface area contributed by atoms with Crippen LogP contribution in [-0.4, -0.2) is 35.9 Å². The SMILES string of the molecule is O=C(O)CCC1(NC(=O)OCc2ccccc2)CCOC1. The number of amides is 1. The molecule has 0 bridgehead atoms. The van der Waals surface area contributed by atoms with Crippen molar-refractivity contribution in [2.24, 2.45) is 0 Å². The zero-order valence-electron chi connectivity index (χ0n) is 11.7. The molecular formula is C15H19NO5. The van der Waals surface area contributed by atoms with E-state index in [0.717, 1.165) is 5.56 Å². The summed E-state index contributed by atoms with van der Waals surface area (Å²) in [5.74, 6) is -0.888. The highest BCUT2D eigenvalue weighted by atomic mass is 16.5. The summed E-state index contributed by atoms with van der Waals surface area (Å²) in [5.41, 5.74) is 0.265. The van der Waals surface area contributed by atoms with Crippen LogP contribution in [0.25, 0.3) is 0 Å². The van der Waals surface area contributed by atoms with Gasteiger partial charge in [-0.05, 0) is 18.4 Å². The Bertz CT molecular complexity index is 482. The molecule has 1 amide bonds. The average molecular weight is 293 g/mol. The molecule has 1 aromatic carbocycles. The fourth-order valence-corrected chi connectivity index (χ4v) is 2.29. The van der Waals surface area contributed by atoms with Gasteiger partial charge in [0.25, 0.3) is 0 Å². The third-order valence-electron chi connectivity index (χ3n) is 3.50. The van der Waals surface area contributed by atoms with Gasteiger partial charge in [-0.25, -0.2) is 4.79 Å². The fourth-order valence-electron chi connectivity index (χ4n) is 2.29. The van der Waals surface area contributed by atoms with Gasteiger partial charge in [0.05, 0.1) is 12.1 Å². The highest BCUT2D eigenvalue weighted by molar-refractivity contribution is 5.69. The lowest BCUT2D eigenvalue weighted by molar-refractivity contribution is -0.137. The first-order chi connectivity index (χ1) is 10.1. The van der Waals surface area contributed by atoms with E-state index in [1.54, 1.807) is 0 Å². The van der Waals surface area contributed by atoms with Gasteiger partial charge >= 0.3 is 12.1 Å². The number of hydrogen-bond donors (Lipinski definition) is 2. The van der Waals surface area contributed by atoms with Crippen LogP contribution in [0.5, 0.6) is 0 Å². The lowest BCUT2D eigenvalue weighted by Gasteiger charge is -2.27. The Hall–Kier alpha value is -2.08. The van der Waals surface area contributed by atoms with E-state index in [-0.39, 0.29) is 13.0 Å². The van der Waals surface area contributed by atoms with Crippen LogP contribution in [0.2, 0.25) is 0 Å². The van der Waals surface area contributed by atoms with Crippen molar-refractivity contribution in [2.45, 2.75) is 31.4 Å². The van der Waals surface area contributed by atoms with Gasteiger partial charge < -0.3 is 19.9 Å². The van der Waals surface area contributed by atoms with Crippen molar-refractivity contribution in [1.29, 1.82) is 0 Å². The number of carbonyl (C=O) groups excluding carboxylic acids is 1. The Morgan fingerprint density at radius 2 is 2.10 bits per heavy atom. The van der Waals surface area contributed by atoms with Gasteiger partial charge in [-0.2, -0.15) is 0 Å². The maximum absolute atomic E-state index is 11.9. The molecule has 0 spiro atoms. The van der Waals surface area contributed by atoms with Gasteiger partial charge in [-0.1, -0.05) is 30.3 Å². The van der Waals surface area contributed by atoms with Crippen LogP contribution >= 0.6 is 0 Å². The van der Waals surface area contributed by atoms with E-state index < -0.39 is 17.6 Å². The second kappa shape index (κ2) is 7.08. The van der Waals surface area contributed by atoms with Crippen molar-refractivity contribution in [3.05, 3.63) is 35.9 Å². The molecule has 1 heterocycles. The summed E-state index contributed by atoms with van der Waals surface area (Å²) in [7, 11) is 0. The van der Waals surface area contributed by atoms with Crippen LogP contribution < -0.4 is 5.32 Å². The Morgan fingerprint density at radius 3 is 2.71 bits per heavy atom. The number of carboxylic acids is 1. The van der Waals surface area contributed by atoms with Crippen molar-refractivity contribution in [2.75, 3.05) is 13.2 Å². The van der Waals surface area contributed by atoms with Gasteiger partial charge in [0.15, 0.2) is 0 Å². The summed E-state index contributed by atoms with van der Waals surface area (Å²) in [6.07, 6.45) is 0.376. The molecule has 6 nitrogen and oxygen atoms in total. The number of ether oxygens (including phenoxy) is 2. The van der Waals surface area contributed by atoms with Crippen molar-refractivity contribution in [3.8, 4) is 0 Å². The number of benzene rings is 1. The second-order valence-electron chi connectivity index (χ2n) is 5.16. The van der Waals surface area contributed by atoms with E-state index >= 15 is 0 Å². The first-order valence-electron chi connectivity index (χ1n) is 6.88. The summed E-state index contributed by atoms with van der Waals surface area (Å²) in [4.78, 5) is 22.6. The van der Waals surface area contributed by atoms with Gasteiger partial charge in [0.2, 0.25) is 0 Å². The monoisotopic (exact) mass is 293 g/mol. The standard InChI is InChI=1S/C15H19NO5/c17-13(18)6-7-15(8-9-20-11-15)16-14(19)21-10-12-4-2-1-3-5-12/h1-5H,6-11H2,(H,16,19)(H,17,18). The second-order valence-corrected chi connectivity index (χ2v) is 5.16. The van der Waals surface area contributed by atoms with Gasteiger partial charge in [0, 0.05) is 13.0 Å². The topological polar surface area (TPSA) is 84.9 Å². The zero-order valence-corrected chi connectivity index (χ0v) is 11.7. The van der Waals surface area contributed by atoms with Crippen LogP contribution in [0.3, 0.4) is 0 Å². The predicted molar refractivity (Wildman–Crippen MR) is 74.8 cm³/mol. The molecule has 0 aromatic heterocycles. The van der Waals surface area contributed by atoms with Crippen LogP contribution in [0.4, 0.5) is 4.79 Å². The lowest BCUT2D eigenvalue weighted by atomic mass is 9.93. The molecule has 2 rings (SSSR count). The molecule has 0 aliphatic carbocycles. The van der Waals surface area contributed by atoms with Crippen molar-refractivity contribution >= 4 is 12.1 Å². The Labute approximate surface area is 123 Å². The van der Waals surface area contributed by atoms with Gasteiger partial charge in [-0.3, -0.25) is 4.79 Å². The molecule has 0 saturated carbocycles. The van der Waals surface area contributed by atoms with Crippen molar-refractivity contribution in [1.82, 2.24) is 5.32 Å². The smallest absolute Gasteiger partial charge is 0.407 e. The zero-order chi connectivity index (χ0) is 15.1. The van der Waals surface area contributed by atoms with Crippen LogP contribution in [0.15, 0.2) is 30.3 Å². The molecule has 1 aliphatic rings.